The summed E-state index contributed by atoms with van der Waals surface area (Å²) in [6.45, 7) is 5.24. The number of rotatable bonds is 4. The minimum absolute atomic E-state index is 0.237. The topological polar surface area (TPSA) is 21.3 Å². The molecule has 0 spiro atoms. The maximum absolute atomic E-state index is 14.1. The smallest absolute Gasteiger partial charge is 0.165 e. The highest BCUT2D eigenvalue weighted by Gasteiger charge is 2.18. The Morgan fingerprint density at radius 2 is 2.16 bits per heavy atom. The van der Waals surface area contributed by atoms with Crippen molar-refractivity contribution in [2.75, 3.05) is 13.7 Å². The van der Waals surface area contributed by atoms with Gasteiger partial charge in [0.25, 0.3) is 0 Å². The predicted octanol–water partition coefficient (Wildman–Crippen LogP) is 3.64. The van der Waals surface area contributed by atoms with Crippen LogP contribution in [0.4, 0.5) is 4.39 Å². The van der Waals surface area contributed by atoms with Gasteiger partial charge in [-0.2, -0.15) is 0 Å². The zero-order valence-electron chi connectivity index (χ0n) is 12.1. The minimum Gasteiger partial charge on any atom is -0.493 e. The average molecular weight is 265 g/mol. The molecule has 1 unspecified atom stereocenters. The van der Waals surface area contributed by atoms with Crippen LogP contribution < -0.4 is 10.1 Å². The van der Waals surface area contributed by atoms with Gasteiger partial charge in [0, 0.05) is 6.04 Å². The van der Waals surface area contributed by atoms with E-state index in [2.05, 4.69) is 25.2 Å². The Morgan fingerprint density at radius 1 is 1.37 bits per heavy atom. The summed E-state index contributed by atoms with van der Waals surface area (Å²) in [5.41, 5.74) is 2.04. The molecule has 0 radical (unpaired) electrons. The zero-order valence-corrected chi connectivity index (χ0v) is 12.1. The first-order valence-electron chi connectivity index (χ1n) is 7.21. The quantitative estimate of drug-likeness (QED) is 0.897. The van der Waals surface area contributed by atoms with Gasteiger partial charge in [0.15, 0.2) is 11.6 Å². The number of hydrogen-bond donors (Lipinski definition) is 1. The highest BCUT2D eigenvalue weighted by molar-refractivity contribution is 5.40. The van der Waals surface area contributed by atoms with Crippen molar-refractivity contribution in [2.24, 2.45) is 0 Å². The third-order valence-corrected chi connectivity index (χ3v) is 3.89. The molecule has 1 heterocycles. The van der Waals surface area contributed by atoms with Crippen LogP contribution in [-0.4, -0.2) is 19.7 Å². The van der Waals surface area contributed by atoms with E-state index in [4.69, 9.17) is 4.74 Å². The summed E-state index contributed by atoms with van der Waals surface area (Å²) in [7, 11) is 1.55. The minimum atomic E-state index is -0.237. The van der Waals surface area contributed by atoms with Gasteiger partial charge in [0.05, 0.1) is 7.11 Å². The third kappa shape index (κ3) is 3.47. The molecule has 0 saturated carbocycles. The molecule has 1 aromatic rings. The Kier molecular flexibility index (Phi) is 4.81. The van der Waals surface area contributed by atoms with E-state index in [1.165, 1.54) is 12.8 Å². The number of nitrogens with one attached hydrogen (secondary N) is 1. The van der Waals surface area contributed by atoms with Crippen LogP contribution >= 0.6 is 0 Å². The Hall–Kier alpha value is -1.09. The molecule has 1 atom stereocenters. The summed E-state index contributed by atoms with van der Waals surface area (Å²) in [6, 6.07) is 4.15. The van der Waals surface area contributed by atoms with Crippen molar-refractivity contribution in [1.82, 2.24) is 5.32 Å². The van der Waals surface area contributed by atoms with E-state index >= 15 is 0 Å². The molecule has 2 nitrogen and oxygen atoms in total. The second-order valence-corrected chi connectivity index (χ2v) is 5.70. The number of ether oxygens (including phenoxy) is 1. The van der Waals surface area contributed by atoms with E-state index in [1.54, 1.807) is 13.2 Å². The number of halogens is 1. The largest absolute Gasteiger partial charge is 0.493 e. The average Bonchev–Trinajstić information content (AvgIpc) is 2.39. The van der Waals surface area contributed by atoms with Crippen molar-refractivity contribution in [3.8, 4) is 5.75 Å². The van der Waals surface area contributed by atoms with Crippen molar-refractivity contribution in [3.63, 3.8) is 0 Å². The monoisotopic (exact) mass is 265 g/mol. The molecule has 106 valence electrons. The van der Waals surface area contributed by atoms with E-state index in [0.717, 1.165) is 30.5 Å². The molecular weight excluding hydrogens is 241 g/mol. The molecular formula is C16H24FNO. The third-order valence-electron chi connectivity index (χ3n) is 3.89. The van der Waals surface area contributed by atoms with Gasteiger partial charge in [-0.25, -0.2) is 4.39 Å². The summed E-state index contributed by atoms with van der Waals surface area (Å²) in [6.07, 6.45) is 4.51. The summed E-state index contributed by atoms with van der Waals surface area (Å²) in [5, 5.41) is 3.51. The Labute approximate surface area is 115 Å². The van der Waals surface area contributed by atoms with Crippen molar-refractivity contribution < 1.29 is 9.13 Å². The van der Waals surface area contributed by atoms with Crippen LogP contribution in [-0.2, 0) is 6.42 Å². The predicted molar refractivity (Wildman–Crippen MR) is 76.4 cm³/mol. The summed E-state index contributed by atoms with van der Waals surface area (Å²) < 4.78 is 19.3. The molecule has 19 heavy (non-hydrogen) atoms. The maximum Gasteiger partial charge on any atom is 0.165 e. The lowest BCUT2D eigenvalue weighted by molar-refractivity contribution is 0.365. The molecule has 1 aromatic carbocycles. The molecule has 1 N–H and O–H groups in total. The Morgan fingerprint density at radius 3 is 2.74 bits per heavy atom. The lowest BCUT2D eigenvalue weighted by Crippen LogP contribution is -2.35. The highest BCUT2D eigenvalue weighted by atomic mass is 19.1. The Balaban J connectivity index is 2.25. The molecule has 1 fully saturated rings. The normalized spacial score (nSPS) is 19.7. The van der Waals surface area contributed by atoms with Gasteiger partial charge in [0.2, 0.25) is 0 Å². The van der Waals surface area contributed by atoms with Crippen molar-refractivity contribution in [1.29, 1.82) is 0 Å². The van der Waals surface area contributed by atoms with Gasteiger partial charge < -0.3 is 10.1 Å². The number of hydrogen-bond acceptors (Lipinski definition) is 2. The van der Waals surface area contributed by atoms with Crippen LogP contribution in [0, 0.1) is 5.82 Å². The van der Waals surface area contributed by atoms with E-state index < -0.39 is 0 Å². The standard InChI is InChI=1S/C16H24FNO/c1-11(2)12-8-13(16(19-3)15(17)10-12)9-14-6-4-5-7-18-14/h8,10-11,14,18H,4-7,9H2,1-3H3. The fraction of sp³-hybridized carbons (Fsp3) is 0.625. The summed E-state index contributed by atoms with van der Waals surface area (Å²) >= 11 is 0. The molecule has 1 aliphatic rings. The zero-order chi connectivity index (χ0) is 13.8. The number of methoxy groups -OCH3 is 1. The number of benzene rings is 1. The van der Waals surface area contributed by atoms with E-state index in [0.29, 0.717) is 17.7 Å². The van der Waals surface area contributed by atoms with Crippen molar-refractivity contribution in [3.05, 3.63) is 29.1 Å². The second-order valence-electron chi connectivity index (χ2n) is 5.70. The number of piperidine rings is 1. The molecule has 1 aliphatic heterocycles. The van der Waals surface area contributed by atoms with E-state index in [9.17, 15) is 4.39 Å². The first-order chi connectivity index (χ1) is 9.11. The van der Waals surface area contributed by atoms with Crippen LogP contribution in [0.5, 0.6) is 5.75 Å². The van der Waals surface area contributed by atoms with Gasteiger partial charge in [0.1, 0.15) is 0 Å². The van der Waals surface area contributed by atoms with Gasteiger partial charge in [-0.05, 0) is 48.9 Å². The molecule has 0 bridgehead atoms. The first kappa shape index (κ1) is 14.3. The molecule has 0 aliphatic carbocycles. The molecule has 0 amide bonds. The molecule has 0 aromatic heterocycles. The van der Waals surface area contributed by atoms with Crippen LogP contribution in [0.2, 0.25) is 0 Å². The lowest BCUT2D eigenvalue weighted by atomic mass is 9.93. The molecule has 1 saturated heterocycles. The van der Waals surface area contributed by atoms with E-state index in [-0.39, 0.29) is 5.82 Å². The van der Waals surface area contributed by atoms with Crippen LogP contribution in [0.25, 0.3) is 0 Å². The highest BCUT2D eigenvalue weighted by Crippen LogP contribution is 2.29. The fourth-order valence-corrected chi connectivity index (χ4v) is 2.75. The lowest BCUT2D eigenvalue weighted by Gasteiger charge is -2.24. The van der Waals surface area contributed by atoms with Crippen molar-refractivity contribution >= 4 is 0 Å². The molecule has 3 heteroatoms. The summed E-state index contributed by atoms with van der Waals surface area (Å²) in [4.78, 5) is 0. The van der Waals surface area contributed by atoms with Crippen LogP contribution in [0.15, 0.2) is 12.1 Å². The van der Waals surface area contributed by atoms with Crippen LogP contribution in [0.1, 0.15) is 50.2 Å². The van der Waals surface area contributed by atoms with Gasteiger partial charge in [-0.15, -0.1) is 0 Å². The summed E-state index contributed by atoms with van der Waals surface area (Å²) in [5.74, 6) is 0.509. The fourth-order valence-electron chi connectivity index (χ4n) is 2.75. The first-order valence-corrected chi connectivity index (χ1v) is 7.21. The van der Waals surface area contributed by atoms with Gasteiger partial charge >= 0.3 is 0 Å². The van der Waals surface area contributed by atoms with Gasteiger partial charge in [-0.1, -0.05) is 26.3 Å². The SMILES string of the molecule is COc1c(F)cc(C(C)C)cc1CC1CCCCN1. The van der Waals surface area contributed by atoms with Gasteiger partial charge in [-0.3, -0.25) is 0 Å². The van der Waals surface area contributed by atoms with E-state index in [1.807, 2.05) is 0 Å². The molecule has 2 rings (SSSR count). The van der Waals surface area contributed by atoms with Crippen molar-refractivity contribution in [2.45, 2.75) is 51.5 Å². The van der Waals surface area contributed by atoms with Crippen LogP contribution in [0.3, 0.4) is 0 Å². The second kappa shape index (κ2) is 6.38. The Bertz CT molecular complexity index is 425. The maximum atomic E-state index is 14.1.